The lowest BCUT2D eigenvalue weighted by Crippen LogP contribution is -2.52. The van der Waals surface area contributed by atoms with Crippen molar-refractivity contribution >= 4 is 16.9 Å². The molecule has 0 radical (unpaired) electrons. The number of pyridine rings is 1. The number of phenolic OH excluding ortho intramolecular Hbond substituents is 1. The monoisotopic (exact) mass is 351 g/mol. The number of amides is 1. The van der Waals surface area contributed by atoms with E-state index in [1.54, 1.807) is 24.3 Å². The molecule has 3 N–H and O–H groups in total. The van der Waals surface area contributed by atoms with Crippen molar-refractivity contribution < 1.29 is 9.90 Å². The number of carbonyl (C=O) groups is 1. The van der Waals surface area contributed by atoms with Gasteiger partial charge in [0.25, 0.3) is 5.91 Å². The second-order valence-corrected chi connectivity index (χ2v) is 6.69. The van der Waals surface area contributed by atoms with E-state index in [0.717, 1.165) is 29.7 Å². The molecule has 0 aliphatic carbocycles. The van der Waals surface area contributed by atoms with Gasteiger partial charge in [0.15, 0.2) is 5.65 Å². The van der Waals surface area contributed by atoms with Crippen LogP contribution in [0.15, 0.2) is 30.3 Å². The van der Waals surface area contributed by atoms with Gasteiger partial charge in [-0.15, -0.1) is 0 Å². The molecule has 1 aliphatic rings. The van der Waals surface area contributed by atoms with Crippen LogP contribution in [-0.4, -0.2) is 56.8 Å². The lowest BCUT2D eigenvalue weighted by molar-refractivity contribution is 0.0657. The van der Waals surface area contributed by atoms with Crippen molar-refractivity contribution in [2.45, 2.75) is 19.9 Å². The average molecular weight is 351 g/mol. The lowest BCUT2D eigenvalue weighted by atomic mass is 10.0. The van der Waals surface area contributed by atoms with Gasteiger partial charge in [-0.05, 0) is 44.2 Å². The number of hydrogen-bond acceptors (Lipinski definition) is 5. The standard InChI is InChI=1S/C19H21N5O2/c1-11-10-20-7-8-24(11)19(26)15-9-16(13-3-5-14(25)6-4-13)21-18-17(15)12(2)22-23-18/h3-6,9,11,20,25H,7-8,10H2,1-2H3,(H,21,22,23)/t11-/m0/s1. The van der Waals surface area contributed by atoms with E-state index in [1.165, 1.54) is 0 Å². The molecule has 0 saturated carbocycles. The van der Waals surface area contributed by atoms with E-state index in [4.69, 9.17) is 0 Å². The van der Waals surface area contributed by atoms with Crippen molar-refractivity contribution in [3.05, 3.63) is 41.6 Å². The van der Waals surface area contributed by atoms with E-state index in [-0.39, 0.29) is 17.7 Å². The molecular formula is C19H21N5O2. The van der Waals surface area contributed by atoms with Gasteiger partial charge in [0, 0.05) is 31.2 Å². The maximum absolute atomic E-state index is 13.3. The molecule has 3 heterocycles. The summed E-state index contributed by atoms with van der Waals surface area (Å²) >= 11 is 0. The van der Waals surface area contributed by atoms with Gasteiger partial charge in [-0.1, -0.05) is 0 Å². The Hall–Kier alpha value is -2.93. The Kier molecular flexibility index (Phi) is 4.08. The van der Waals surface area contributed by atoms with Crippen molar-refractivity contribution in [3.8, 4) is 17.0 Å². The zero-order valence-corrected chi connectivity index (χ0v) is 14.8. The minimum absolute atomic E-state index is 0.00377. The Bertz CT molecular complexity index is 964. The fourth-order valence-corrected chi connectivity index (χ4v) is 3.43. The van der Waals surface area contributed by atoms with Crippen LogP contribution in [0.25, 0.3) is 22.3 Å². The largest absolute Gasteiger partial charge is 0.508 e. The SMILES string of the molecule is Cc1n[nH]c2nc(-c3ccc(O)cc3)cc(C(=O)N3CCNC[C@@H]3C)c12. The number of piperazine rings is 1. The van der Waals surface area contributed by atoms with Crippen LogP contribution in [0.3, 0.4) is 0 Å². The highest BCUT2D eigenvalue weighted by Gasteiger charge is 2.27. The smallest absolute Gasteiger partial charge is 0.255 e. The number of nitrogens with zero attached hydrogens (tertiary/aromatic N) is 3. The van der Waals surface area contributed by atoms with E-state index in [1.807, 2.05) is 24.8 Å². The highest BCUT2D eigenvalue weighted by Crippen LogP contribution is 2.28. The summed E-state index contributed by atoms with van der Waals surface area (Å²) in [7, 11) is 0. The predicted octanol–water partition coefficient (Wildman–Crippen LogP) is 2.07. The molecule has 7 nitrogen and oxygen atoms in total. The predicted molar refractivity (Wildman–Crippen MR) is 99.1 cm³/mol. The quantitative estimate of drug-likeness (QED) is 0.657. The number of aryl methyl sites for hydroxylation is 1. The van der Waals surface area contributed by atoms with E-state index in [9.17, 15) is 9.90 Å². The molecule has 0 bridgehead atoms. The maximum Gasteiger partial charge on any atom is 0.255 e. The van der Waals surface area contributed by atoms with Crippen LogP contribution >= 0.6 is 0 Å². The first-order chi connectivity index (χ1) is 12.5. The number of aromatic amines is 1. The minimum atomic E-state index is -0.00377. The van der Waals surface area contributed by atoms with Gasteiger partial charge in [0.05, 0.1) is 22.3 Å². The highest BCUT2D eigenvalue weighted by atomic mass is 16.3. The van der Waals surface area contributed by atoms with Crippen LogP contribution in [0, 0.1) is 6.92 Å². The van der Waals surface area contributed by atoms with Crippen LogP contribution in [-0.2, 0) is 0 Å². The molecule has 1 atom stereocenters. The number of hydrogen-bond donors (Lipinski definition) is 3. The summed E-state index contributed by atoms with van der Waals surface area (Å²) in [5, 5.41) is 20.8. The maximum atomic E-state index is 13.3. The normalized spacial score (nSPS) is 17.6. The zero-order valence-electron chi connectivity index (χ0n) is 14.8. The van der Waals surface area contributed by atoms with Gasteiger partial charge in [0.1, 0.15) is 5.75 Å². The molecule has 3 aromatic rings. The Morgan fingerprint density at radius 2 is 2.08 bits per heavy atom. The summed E-state index contributed by atoms with van der Waals surface area (Å²) in [6.45, 7) is 6.17. The molecule has 0 unspecified atom stereocenters. The third kappa shape index (κ3) is 2.80. The molecule has 7 heteroatoms. The number of phenols is 1. The Morgan fingerprint density at radius 3 is 2.81 bits per heavy atom. The number of benzene rings is 1. The molecule has 1 amide bonds. The second kappa shape index (κ2) is 6.42. The zero-order chi connectivity index (χ0) is 18.3. The molecule has 1 aromatic carbocycles. The van der Waals surface area contributed by atoms with Gasteiger partial charge in [0.2, 0.25) is 0 Å². The number of carbonyl (C=O) groups excluding carboxylic acids is 1. The highest BCUT2D eigenvalue weighted by molar-refractivity contribution is 6.07. The number of aromatic nitrogens is 3. The Morgan fingerprint density at radius 1 is 1.31 bits per heavy atom. The van der Waals surface area contributed by atoms with Crippen molar-refractivity contribution in [1.29, 1.82) is 0 Å². The van der Waals surface area contributed by atoms with Crippen LogP contribution < -0.4 is 5.32 Å². The van der Waals surface area contributed by atoms with Gasteiger partial charge < -0.3 is 15.3 Å². The van der Waals surface area contributed by atoms with Crippen LogP contribution in [0.1, 0.15) is 23.0 Å². The van der Waals surface area contributed by atoms with Crippen LogP contribution in [0.4, 0.5) is 0 Å². The van der Waals surface area contributed by atoms with E-state index in [0.29, 0.717) is 23.4 Å². The van der Waals surface area contributed by atoms with Crippen LogP contribution in [0.2, 0.25) is 0 Å². The lowest BCUT2D eigenvalue weighted by Gasteiger charge is -2.34. The molecular weight excluding hydrogens is 330 g/mol. The molecule has 0 spiro atoms. The summed E-state index contributed by atoms with van der Waals surface area (Å²) < 4.78 is 0. The summed E-state index contributed by atoms with van der Waals surface area (Å²) in [5.74, 6) is 0.189. The van der Waals surface area contributed by atoms with Gasteiger partial charge in [-0.2, -0.15) is 5.10 Å². The third-order valence-corrected chi connectivity index (χ3v) is 4.87. The van der Waals surface area contributed by atoms with E-state index >= 15 is 0 Å². The van der Waals surface area contributed by atoms with Crippen molar-refractivity contribution in [2.24, 2.45) is 0 Å². The Labute approximate surface area is 151 Å². The third-order valence-electron chi connectivity index (χ3n) is 4.87. The van der Waals surface area contributed by atoms with Gasteiger partial charge >= 0.3 is 0 Å². The molecule has 134 valence electrons. The number of fused-ring (bicyclic) bond motifs is 1. The molecule has 26 heavy (non-hydrogen) atoms. The Balaban J connectivity index is 1.85. The first-order valence-electron chi connectivity index (χ1n) is 8.71. The number of rotatable bonds is 2. The number of H-pyrrole nitrogens is 1. The summed E-state index contributed by atoms with van der Waals surface area (Å²) in [4.78, 5) is 19.8. The van der Waals surface area contributed by atoms with E-state index in [2.05, 4.69) is 20.5 Å². The van der Waals surface area contributed by atoms with Gasteiger partial charge in [-0.3, -0.25) is 9.89 Å². The minimum Gasteiger partial charge on any atom is -0.508 e. The molecule has 1 saturated heterocycles. The summed E-state index contributed by atoms with van der Waals surface area (Å²) in [6.07, 6.45) is 0. The topological polar surface area (TPSA) is 94.1 Å². The van der Waals surface area contributed by atoms with Crippen LogP contribution in [0.5, 0.6) is 5.75 Å². The van der Waals surface area contributed by atoms with Crippen molar-refractivity contribution in [1.82, 2.24) is 25.4 Å². The molecule has 1 aliphatic heterocycles. The van der Waals surface area contributed by atoms with E-state index < -0.39 is 0 Å². The number of nitrogens with one attached hydrogen (secondary N) is 2. The first kappa shape index (κ1) is 16.5. The molecule has 4 rings (SSSR count). The second-order valence-electron chi connectivity index (χ2n) is 6.69. The van der Waals surface area contributed by atoms with Gasteiger partial charge in [-0.25, -0.2) is 4.98 Å². The summed E-state index contributed by atoms with van der Waals surface area (Å²) in [5.41, 5.74) is 3.47. The number of aromatic hydroxyl groups is 1. The first-order valence-corrected chi connectivity index (χ1v) is 8.71. The fraction of sp³-hybridized carbons (Fsp3) is 0.316. The summed E-state index contributed by atoms with van der Waals surface area (Å²) in [6, 6.07) is 8.75. The molecule has 2 aromatic heterocycles. The van der Waals surface area contributed by atoms with Crippen molar-refractivity contribution in [2.75, 3.05) is 19.6 Å². The fourth-order valence-electron chi connectivity index (χ4n) is 3.43. The van der Waals surface area contributed by atoms with Crippen molar-refractivity contribution in [3.63, 3.8) is 0 Å². The molecule has 1 fully saturated rings. The average Bonchev–Trinajstić information content (AvgIpc) is 3.02.